The fourth-order valence-corrected chi connectivity index (χ4v) is 2.03. The third-order valence-corrected chi connectivity index (χ3v) is 3.22. The van der Waals surface area contributed by atoms with Crippen LogP contribution in [0.2, 0.25) is 0 Å². The van der Waals surface area contributed by atoms with Crippen LogP contribution in [0.5, 0.6) is 5.75 Å². The first-order valence-corrected chi connectivity index (χ1v) is 6.89. The van der Waals surface area contributed by atoms with Gasteiger partial charge >= 0.3 is 0 Å². The van der Waals surface area contributed by atoms with Crippen molar-refractivity contribution >= 4 is 11.6 Å². The first-order valence-electron chi connectivity index (χ1n) is 6.89. The van der Waals surface area contributed by atoms with Crippen molar-refractivity contribution in [3.05, 3.63) is 69.5 Å². The number of halogens is 1. The van der Waals surface area contributed by atoms with Crippen molar-refractivity contribution in [2.75, 3.05) is 13.2 Å². The number of rotatable bonds is 6. The maximum atomic E-state index is 12.7. The van der Waals surface area contributed by atoms with Crippen molar-refractivity contribution in [2.24, 2.45) is 0 Å². The normalized spacial score (nSPS) is 10.2. The van der Waals surface area contributed by atoms with Crippen molar-refractivity contribution in [3.8, 4) is 5.75 Å². The summed E-state index contributed by atoms with van der Waals surface area (Å²) in [6, 6.07) is 9.88. The molecule has 23 heavy (non-hydrogen) atoms. The lowest BCUT2D eigenvalue weighted by atomic mass is 10.1. The molecule has 0 heterocycles. The molecule has 0 atom stereocenters. The average Bonchev–Trinajstić information content (AvgIpc) is 2.53. The molecular formula is C16H15FN2O4. The van der Waals surface area contributed by atoms with Gasteiger partial charge in [-0.2, -0.15) is 0 Å². The number of nitro benzene ring substituents is 1. The van der Waals surface area contributed by atoms with Gasteiger partial charge in [-0.3, -0.25) is 14.9 Å². The van der Waals surface area contributed by atoms with Crippen molar-refractivity contribution in [2.45, 2.75) is 6.92 Å². The van der Waals surface area contributed by atoms with E-state index in [1.165, 1.54) is 49.4 Å². The number of benzene rings is 2. The van der Waals surface area contributed by atoms with Gasteiger partial charge in [0, 0.05) is 17.2 Å². The molecule has 2 rings (SSSR count). The Hall–Kier alpha value is -2.96. The van der Waals surface area contributed by atoms with Crippen LogP contribution in [-0.2, 0) is 0 Å². The zero-order valence-electron chi connectivity index (χ0n) is 12.4. The smallest absolute Gasteiger partial charge is 0.273 e. The fourth-order valence-electron chi connectivity index (χ4n) is 2.03. The summed E-state index contributed by atoms with van der Waals surface area (Å²) in [6.07, 6.45) is 0. The molecule has 0 radical (unpaired) electrons. The number of nitrogens with zero attached hydrogens (tertiary/aromatic N) is 1. The first-order chi connectivity index (χ1) is 11.0. The number of nitro groups is 1. The molecular weight excluding hydrogens is 303 g/mol. The van der Waals surface area contributed by atoms with Crippen LogP contribution in [0, 0.1) is 22.9 Å². The molecule has 0 aliphatic carbocycles. The van der Waals surface area contributed by atoms with Crippen molar-refractivity contribution < 1.29 is 18.8 Å². The highest BCUT2D eigenvalue weighted by molar-refractivity contribution is 5.96. The number of nitrogens with one attached hydrogen (secondary N) is 1. The van der Waals surface area contributed by atoms with E-state index in [2.05, 4.69) is 5.32 Å². The highest BCUT2D eigenvalue weighted by Gasteiger charge is 2.17. The monoisotopic (exact) mass is 318 g/mol. The summed E-state index contributed by atoms with van der Waals surface area (Å²) in [5, 5.41) is 13.5. The SMILES string of the molecule is Cc1c(C(=O)NCCOc2ccc(F)cc2)cccc1[N+](=O)[O-]. The highest BCUT2D eigenvalue weighted by Crippen LogP contribution is 2.20. The summed E-state index contributed by atoms with van der Waals surface area (Å²) in [5.74, 6) is -0.270. The van der Waals surface area contributed by atoms with Gasteiger partial charge in [0.15, 0.2) is 0 Å². The quantitative estimate of drug-likeness (QED) is 0.504. The van der Waals surface area contributed by atoms with Gasteiger partial charge in [-0.05, 0) is 37.3 Å². The molecule has 0 aromatic heterocycles. The van der Waals surface area contributed by atoms with Crippen LogP contribution in [0.25, 0.3) is 0 Å². The molecule has 2 aromatic rings. The van der Waals surface area contributed by atoms with E-state index in [4.69, 9.17) is 4.74 Å². The Morgan fingerprint density at radius 3 is 2.61 bits per heavy atom. The molecule has 120 valence electrons. The summed E-state index contributed by atoms with van der Waals surface area (Å²) in [7, 11) is 0. The molecule has 6 nitrogen and oxygen atoms in total. The molecule has 0 saturated heterocycles. The Balaban J connectivity index is 1.89. The van der Waals surface area contributed by atoms with Gasteiger partial charge in [0.25, 0.3) is 11.6 Å². The van der Waals surface area contributed by atoms with Gasteiger partial charge < -0.3 is 10.1 Å². The van der Waals surface area contributed by atoms with E-state index in [-0.39, 0.29) is 30.2 Å². The van der Waals surface area contributed by atoms with E-state index in [1.807, 2.05) is 0 Å². The summed E-state index contributed by atoms with van der Waals surface area (Å²) in [5.41, 5.74) is 0.468. The van der Waals surface area contributed by atoms with Crippen LogP contribution < -0.4 is 10.1 Å². The highest BCUT2D eigenvalue weighted by atomic mass is 19.1. The molecule has 7 heteroatoms. The minimum absolute atomic E-state index is 0.0970. The van der Waals surface area contributed by atoms with Crippen LogP contribution >= 0.6 is 0 Å². The van der Waals surface area contributed by atoms with E-state index in [1.54, 1.807) is 0 Å². The number of hydrogen-bond donors (Lipinski definition) is 1. The van der Waals surface area contributed by atoms with Gasteiger partial charge in [0.05, 0.1) is 11.5 Å². The second-order valence-electron chi connectivity index (χ2n) is 4.77. The van der Waals surface area contributed by atoms with Gasteiger partial charge in [-0.1, -0.05) is 6.07 Å². The number of hydrogen-bond acceptors (Lipinski definition) is 4. The maximum Gasteiger partial charge on any atom is 0.273 e. The Morgan fingerprint density at radius 2 is 1.96 bits per heavy atom. The minimum atomic E-state index is -0.524. The van der Waals surface area contributed by atoms with Crippen LogP contribution in [-0.4, -0.2) is 24.0 Å². The van der Waals surface area contributed by atoms with Gasteiger partial charge in [-0.15, -0.1) is 0 Å². The predicted octanol–water partition coefficient (Wildman–Crippen LogP) is 2.85. The lowest BCUT2D eigenvalue weighted by molar-refractivity contribution is -0.385. The lowest BCUT2D eigenvalue weighted by Gasteiger charge is -2.09. The molecule has 0 spiro atoms. The molecule has 0 aliphatic rings. The van der Waals surface area contributed by atoms with Crippen molar-refractivity contribution in [1.29, 1.82) is 0 Å². The molecule has 0 bridgehead atoms. The number of amides is 1. The van der Waals surface area contributed by atoms with Crippen molar-refractivity contribution in [3.63, 3.8) is 0 Å². The Kier molecular flexibility index (Phi) is 5.24. The van der Waals surface area contributed by atoms with Crippen molar-refractivity contribution in [1.82, 2.24) is 5.32 Å². The molecule has 0 saturated carbocycles. The summed E-state index contributed by atoms with van der Waals surface area (Å²) in [4.78, 5) is 22.4. The first kappa shape index (κ1) is 16.4. The number of carbonyl (C=O) groups is 1. The molecule has 2 aromatic carbocycles. The van der Waals surface area contributed by atoms with E-state index < -0.39 is 10.8 Å². The van der Waals surface area contributed by atoms with E-state index in [9.17, 15) is 19.3 Å². The van der Waals surface area contributed by atoms with E-state index >= 15 is 0 Å². The minimum Gasteiger partial charge on any atom is -0.492 e. The van der Waals surface area contributed by atoms with Gasteiger partial charge in [0.1, 0.15) is 18.2 Å². The lowest BCUT2D eigenvalue weighted by Crippen LogP contribution is -2.28. The van der Waals surface area contributed by atoms with Crippen LogP contribution in [0.15, 0.2) is 42.5 Å². The van der Waals surface area contributed by atoms with Crippen LogP contribution in [0.4, 0.5) is 10.1 Å². The third kappa shape index (κ3) is 4.26. The standard InChI is InChI=1S/C16H15FN2O4/c1-11-14(3-2-4-15(11)19(21)22)16(20)18-9-10-23-13-7-5-12(17)6-8-13/h2-8H,9-10H2,1H3,(H,18,20). The zero-order valence-corrected chi connectivity index (χ0v) is 12.4. The Bertz CT molecular complexity index is 717. The molecule has 0 aliphatic heterocycles. The van der Waals surface area contributed by atoms with Crippen LogP contribution in [0.3, 0.4) is 0 Å². The summed E-state index contributed by atoms with van der Waals surface area (Å²) in [6.45, 7) is 1.95. The molecule has 1 N–H and O–H groups in total. The largest absolute Gasteiger partial charge is 0.492 e. The summed E-state index contributed by atoms with van der Waals surface area (Å²) < 4.78 is 18.1. The second kappa shape index (κ2) is 7.35. The maximum absolute atomic E-state index is 12.7. The number of carbonyl (C=O) groups excluding carboxylic acids is 1. The second-order valence-corrected chi connectivity index (χ2v) is 4.77. The van der Waals surface area contributed by atoms with Crippen LogP contribution in [0.1, 0.15) is 15.9 Å². The van der Waals surface area contributed by atoms with E-state index in [0.717, 1.165) is 0 Å². The third-order valence-electron chi connectivity index (χ3n) is 3.22. The van der Waals surface area contributed by atoms with Gasteiger partial charge in [0.2, 0.25) is 0 Å². The van der Waals surface area contributed by atoms with E-state index in [0.29, 0.717) is 11.3 Å². The zero-order chi connectivity index (χ0) is 16.8. The Labute approximate surface area is 132 Å². The average molecular weight is 318 g/mol. The molecule has 0 unspecified atom stereocenters. The Morgan fingerprint density at radius 1 is 1.26 bits per heavy atom. The van der Waals surface area contributed by atoms with Gasteiger partial charge in [-0.25, -0.2) is 4.39 Å². The summed E-state index contributed by atoms with van der Waals surface area (Å²) >= 11 is 0. The predicted molar refractivity (Wildman–Crippen MR) is 82.1 cm³/mol. The molecule has 0 fully saturated rings. The molecule has 1 amide bonds. The topological polar surface area (TPSA) is 81.5 Å². The fraction of sp³-hybridized carbons (Fsp3) is 0.188. The number of ether oxygens (including phenoxy) is 1.